The fourth-order valence-electron chi connectivity index (χ4n) is 2.48. The highest BCUT2D eigenvalue weighted by Crippen LogP contribution is 2.41. The first-order chi connectivity index (χ1) is 9.15. The Balaban J connectivity index is 1.97. The molecule has 0 spiro atoms. The number of thioether (sulfide) groups is 1. The Bertz CT molecular complexity index is 577. The van der Waals surface area contributed by atoms with E-state index in [4.69, 9.17) is 0 Å². The summed E-state index contributed by atoms with van der Waals surface area (Å²) in [6, 6.07) is 9.13. The van der Waals surface area contributed by atoms with Crippen LogP contribution in [0, 0.1) is 13.8 Å². The van der Waals surface area contributed by atoms with Crippen LogP contribution in [0.15, 0.2) is 24.3 Å². The van der Waals surface area contributed by atoms with Crippen molar-refractivity contribution in [3.8, 4) is 0 Å². The van der Waals surface area contributed by atoms with Gasteiger partial charge in [-0.2, -0.15) is 11.8 Å². The number of benzene rings is 1. The van der Waals surface area contributed by atoms with Gasteiger partial charge in [-0.05, 0) is 48.8 Å². The fourth-order valence-corrected chi connectivity index (χ4v) is 5.76. The van der Waals surface area contributed by atoms with Gasteiger partial charge in [0, 0.05) is 15.5 Å². The van der Waals surface area contributed by atoms with Crippen LogP contribution in [0.1, 0.15) is 36.8 Å². The summed E-state index contributed by atoms with van der Waals surface area (Å²) < 4.78 is 0. The third-order valence-corrected chi connectivity index (χ3v) is 7.20. The zero-order valence-electron chi connectivity index (χ0n) is 11.2. The Morgan fingerprint density at radius 3 is 2.84 bits per heavy atom. The molecule has 1 atom stereocenters. The molecule has 2 aromatic rings. The van der Waals surface area contributed by atoms with E-state index in [2.05, 4.69) is 65.8 Å². The zero-order chi connectivity index (χ0) is 13.4. The SMILES string of the molecule is Cc1ccc(C)c(C(Br)c2cc3c(s2)CCSC3)c1. The van der Waals surface area contributed by atoms with Crippen molar-refractivity contribution >= 4 is 39.0 Å². The second-order valence-corrected chi connectivity index (χ2v) is 8.31. The maximum absolute atomic E-state index is 3.91. The van der Waals surface area contributed by atoms with E-state index in [0.29, 0.717) is 4.83 Å². The summed E-state index contributed by atoms with van der Waals surface area (Å²) in [6.07, 6.45) is 1.25. The van der Waals surface area contributed by atoms with Gasteiger partial charge in [0.25, 0.3) is 0 Å². The minimum absolute atomic E-state index is 0.341. The molecular weight excluding hydrogens is 336 g/mol. The molecule has 1 aliphatic rings. The number of alkyl halides is 1. The average Bonchev–Trinajstić information content (AvgIpc) is 2.84. The molecule has 0 saturated heterocycles. The summed E-state index contributed by atoms with van der Waals surface area (Å²) >= 11 is 7.96. The van der Waals surface area contributed by atoms with E-state index in [-0.39, 0.29) is 0 Å². The van der Waals surface area contributed by atoms with Gasteiger partial charge in [0.05, 0.1) is 4.83 Å². The lowest BCUT2D eigenvalue weighted by atomic mass is 10.0. The standard InChI is InChI=1S/C16H17BrS2/c1-10-3-4-11(2)13(7-10)16(17)15-8-12-9-18-6-5-14(12)19-15/h3-4,7-8,16H,5-6,9H2,1-2H3. The smallest absolute Gasteiger partial charge is 0.0740 e. The lowest BCUT2D eigenvalue weighted by Crippen LogP contribution is -1.96. The minimum Gasteiger partial charge on any atom is -0.157 e. The second kappa shape index (κ2) is 5.63. The number of rotatable bonds is 2. The van der Waals surface area contributed by atoms with Crippen molar-refractivity contribution in [1.29, 1.82) is 0 Å². The van der Waals surface area contributed by atoms with Crippen LogP contribution in [0.4, 0.5) is 0 Å². The van der Waals surface area contributed by atoms with E-state index in [1.54, 1.807) is 10.4 Å². The van der Waals surface area contributed by atoms with Crippen LogP contribution < -0.4 is 0 Å². The fraction of sp³-hybridized carbons (Fsp3) is 0.375. The van der Waals surface area contributed by atoms with Crippen molar-refractivity contribution in [3.63, 3.8) is 0 Å². The third kappa shape index (κ3) is 2.79. The molecule has 0 nitrogen and oxygen atoms in total. The summed E-state index contributed by atoms with van der Waals surface area (Å²) in [5.74, 6) is 2.47. The minimum atomic E-state index is 0.341. The van der Waals surface area contributed by atoms with Crippen molar-refractivity contribution in [2.45, 2.75) is 30.8 Å². The lowest BCUT2D eigenvalue weighted by molar-refractivity contribution is 1.13. The van der Waals surface area contributed by atoms with Crippen LogP contribution in [-0.2, 0) is 12.2 Å². The highest BCUT2D eigenvalue weighted by molar-refractivity contribution is 9.09. The summed E-state index contributed by atoms with van der Waals surface area (Å²) in [5, 5.41) is 0. The van der Waals surface area contributed by atoms with Gasteiger partial charge in [-0.15, -0.1) is 11.3 Å². The molecule has 0 saturated carbocycles. The normalized spacial score (nSPS) is 16.2. The van der Waals surface area contributed by atoms with E-state index in [1.165, 1.54) is 39.5 Å². The highest BCUT2D eigenvalue weighted by atomic mass is 79.9. The molecule has 1 aromatic heterocycles. The average molecular weight is 353 g/mol. The van der Waals surface area contributed by atoms with Gasteiger partial charge in [-0.1, -0.05) is 39.7 Å². The zero-order valence-corrected chi connectivity index (χ0v) is 14.4. The van der Waals surface area contributed by atoms with E-state index in [9.17, 15) is 0 Å². The Hall–Kier alpha value is -0.250. The highest BCUT2D eigenvalue weighted by Gasteiger charge is 2.20. The predicted molar refractivity (Wildman–Crippen MR) is 90.9 cm³/mol. The number of hydrogen-bond donors (Lipinski definition) is 0. The van der Waals surface area contributed by atoms with Crippen LogP contribution in [0.3, 0.4) is 0 Å². The topological polar surface area (TPSA) is 0 Å². The van der Waals surface area contributed by atoms with E-state index in [1.807, 2.05) is 11.3 Å². The van der Waals surface area contributed by atoms with Gasteiger partial charge in [0.1, 0.15) is 0 Å². The number of thiophene rings is 1. The molecule has 0 bridgehead atoms. The van der Waals surface area contributed by atoms with Crippen molar-refractivity contribution in [1.82, 2.24) is 0 Å². The molecule has 0 radical (unpaired) electrons. The first-order valence-corrected chi connectivity index (χ1v) is 9.44. The predicted octanol–water partition coefficient (Wildman–Crippen LogP) is 5.64. The number of aryl methyl sites for hydroxylation is 3. The Kier molecular flexibility index (Phi) is 4.06. The summed E-state index contributed by atoms with van der Waals surface area (Å²) in [4.78, 5) is 3.40. The van der Waals surface area contributed by atoms with E-state index < -0.39 is 0 Å². The molecule has 19 heavy (non-hydrogen) atoms. The molecule has 1 aliphatic heterocycles. The first kappa shape index (κ1) is 13.7. The lowest BCUT2D eigenvalue weighted by Gasteiger charge is -2.12. The Morgan fingerprint density at radius 2 is 2.05 bits per heavy atom. The van der Waals surface area contributed by atoms with Crippen LogP contribution in [0.2, 0.25) is 0 Å². The first-order valence-electron chi connectivity index (χ1n) is 6.55. The molecule has 2 heterocycles. The monoisotopic (exact) mass is 352 g/mol. The molecule has 1 unspecified atom stereocenters. The molecular formula is C16H17BrS2. The summed E-state index contributed by atoms with van der Waals surface area (Å²) in [7, 11) is 0. The van der Waals surface area contributed by atoms with Crippen molar-refractivity contribution in [2.75, 3.05) is 5.75 Å². The van der Waals surface area contributed by atoms with Gasteiger partial charge < -0.3 is 0 Å². The molecule has 3 heteroatoms. The molecule has 0 aliphatic carbocycles. The number of hydrogen-bond acceptors (Lipinski definition) is 2. The number of halogens is 1. The van der Waals surface area contributed by atoms with E-state index >= 15 is 0 Å². The Labute approximate surface area is 131 Å². The summed E-state index contributed by atoms with van der Waals surface area (Å²) in [6.45, 7) is 4.37. The molecule has 0 N–H and O–H groups in total. The largest absolute Gasteiger partial charge is 0.157 e. The van der Waals surface area contributed by atoms with Gasteiger partial charge in [0.2, 0.25) is 0 Å². The van der Waals surface area contributed by atoms with Crippen molar-refractivity contribution < 1.29 is 0 Å². The van der Waals surface area contributed by atoms with Crippen LogP contribution >= 0.6 is 39.0 Å². The van der Waals surface area contributed by atoms with Gasteiger partial charge in [-0.25, -0.2) is 0 Å². The van der Waals surface area contributed by atoms with Crippen LogP contribution in [0.25, 0.3) is 0 Å². The van der Waals surface area contributed by atoms with Crippen molar-refractivity contribution in [3.05, 3.63) is 56.3 Å². The summed E-state index contributed by atoms with van der Waals surface area (Å²) in [5.41, 5.74) is 5.67. The maximum atomic E-state index is 3.91. The van der Waals surface area contributed by atoms with E-state index in [0.717, 1.165) is 0 Å². The van der Waals surface area contributed by atoms with Gasteiger partial charge in [-0.3, -0.25) is 0 Å². The number of fused-ring (bicyclic) bond motifs is 1. The Morgan fingerprint density at radius 1 is 1.21 bits per heavy atom. The van der Waals surface area contributed by atoms with Gasteiger partial charge >= 0.3 is 0 Å². The second-order valence-electron chi connectivity index (χ2n) is 5.12. The molecule has 1 aromatic carbocycles. The van der Waals surface area contributed by atoms with Gasteiger partial charge in [0.15, 0.2) is 0 Å². The van der Waals surface area contributed by atoms with Crippen molar-refractivity contribution in [2.24, 2.45) is 0 Å². The third-order valence-electron chi connectivity index (χ3n) is 3.60. The van der Waals surface area contributed by atoms with Crippen LogP contribution in [-0.4, -0.2) is 5.75 Å². The molecule has 0 amide bonds. The maximum Gasteiger partial charge on any atom is 0.0740 e. The van der Waals surface area contributed by atoms with Crippen LogP contribution in [0.5, 0.6) is 0 Å². The molecule has 0 fully saturated rings. The molecule has 3 rings (SSSR count). The quantitative estimate of drug-likeness (QED) is 0.630. The molecule has 100 valence electrons.